The molecule has 0 aliphatic rings. The number of hydrogen-bond acceptors (Lipinski definition) is 4. The van der Waals surface area contributed by atoms with Crippen molar-refractivity contribution in [3.05, 3.63) is 22.2 Å². The zero-order valence-corrected chi connectivity index (χ0v) is 12.1. The van der Waals surface area contributed by atoms with Gasteiger partial charge in [0.2, 0.25) is 10.0 Å². The van der Waals surface area contributed by atoms with Crippen LogP contribution < -0.4 is 9.46 Å². The highest BCUT2D eigenvalue weighted by atomic mass is 35.5. The molecule has 102 valence electrons. The summed E-state index contributed by atoms with van der Waals surface area (Å²) in [5.41, 5.74) is 0. The van der Waals surface area contributed by atoms with Crippen LogP contribution in [0.25, 0.3) is 0 Å². The zero-order valence-electron chi connectivity index (χ0n) is 9.78. The van der Waals surface area contributed by atoms with E-state index in [-0.39, 0.29) is 27.2 Å². The van der Waals surface area contributed by atoms with E-state index < -0.39 is 16.1 Å². The number of aliphatic hydroxyl groups excluding tert-OH is 1. The highest BCUT2D eigenvalue weighted by Gasteiger charge is 2.23. The summed E-state index contributed by atoms with van der Waals surface area (Å²) in [6.45, 7) is 1.36. The van der Waals surface area contributed by atoms with Gasteiger partial charge in [0.05, 0.1) is 18.2 Å². The van der Waals surface area contributed by atoms with E-state index in [1.54, 1.807) is 0 Å². The second-order valence-corrected chi connectivity index (χ2v) is 6.11. The van der Waals surface area contributed by atoms with E-state index in [1.807, 2.05) is 0 Å². The highest BCUT2D eigenvalue weighted by Crippen LogP contribution is 2.37. The number of rotatable bonds is 5. The second kappa shape index (κ2) is 6.08. The molecule has 18 heavy (non-hydrogen) atoms. The molecular formula is C10H13Cl2NO4S. The van der Waals surface area contributed by atoms with Crippen molar-refractivity contribution in [3.63, 3.8) is 0 Å². The first-order valence-corrected chi connectivity index (χ1v) is 7.23. The van der Waals surface area contributed by atoms with Gasteiger partial charge >= 0.3 is 0 Å². The first-order valence-electron chi connectivity index (χ1n) is 4.99. The number of ether oxygens (including phenoxy) is 1. The molecule has 1 aromatic carbocycles. The lowest BCUT2D eigenvalue weighted by Gasteiger charge is -2.13. The summed E-state index contributed by atoms with van der Waals surface area (Å²) in [6, 6.07) is 2.65. The monoisotopic (exact) mass is 313 g/mol. The van der Waals surface area contributed by atoms with Crippen molar-refractivity contribution in [2.75, 3.05) is 13.7 Å². The fourth-order valence-corrected chi connectivity index (χ4v) is 2.96. The van der Waals surface area contributed by atoms with E-state index in [9.17, 15) is 8.42 Å². The fraction of sp³-hybridized carbons (Fsp3) is 0.400. The van der Waals surface area contributed by atoms with Gasteiger partial charge in [0, 0.05) is 6.54 Å². The Kier molecular flexibility index (Phi) is 5.24. The average molecular weight is 314 g/mol. The Morgan fingerprint density at radius 1 is 1.44 bits per heavy atom. The first kappa shape index (κ1) is 15.5. The number of halogens is 2. The molecule has 2 N–H and O–H groups in total. The van der Waals surface area contributed by atoms with E-state index >= 15 is 0 Å². The van der Waals surface area contributed by atoms with Gasteiger partial charge in [-0.2, -0.15) is 0 Å². The Balaban J connectivity index is 3.20. The zero-order chi connectivity index (χ0) is 13.9. The number of aliphatic hydroxyl groups is 1. The van der Waals surface area contributed by atoms with Crippen LogP contribution in [0, 0.1) is 0 Å². The van der Waals surface area contributed by atoms with Gasteiger partial charge < -0.3 is 9.84 Å². The van der Waals surface area contributed by atoms with Crippen LogP contribution in [0.1, 0.15) is 6.92 Å². The van der Waals surface area contributed by atoms with Gasteiger partial charge in [-0.15, -0.1) is 0 Å². The Bertz CT molecular complexity index is 531. The third kappa shape index (κ3) is 3.49. The number of methoxy groups -OCH3 is 1. The van der Waals surface area contributed by atoms with Gasteiger partial charge in [0.25, 0.3) is 0 Å². The summed E-state index contributed by atoms with van der Waals surface area (Å²) in [4.78, 5) is -0.125. The van der Waals surface area contributed by atoms with Crippen LogP contribution in [0.2, 0.25) is 10.0 Å². The van der Waals surface area contributed by atoms with Crippen molar-refractivity contribution in [2.24, 2.45) is 0 Å². The van der Waals surface area contributed by atoms with Crippen LogP contribution >= 0.6 is 23.2 Å². The topological polar surface area (TPSA) is 75.6 Å². The van der Waals surface area contributed by atoms with E-state index in [1.165, 1.54) is 26.2 Å². The molecule has 0 heterocycles. The highest BCUT2D eigenvalue weighted by molar-refractivity contribution is 7.89. The summed E-state index contributed by atoms with van der Waals surface area (Å²) in [5.74, 6) is -0.0257. The maximum absolute atomic E-state index is 12.0. The Labute approximate surface area is 116 Å². The maximum Gasteiger partial charge on any atom is 0.244 e. The maximum atomic E-state index is 12.0. The molecule has 1 atom stereocenters. The number of sulfonamides is 1. The molecule has 0 saturated heterocycles. The molecule has 0 radical (unpaired) electrons. The van der Waals surface area contributed by atoms with Crippen molar-refractivity contribution in [1.29, 1.82) is 0 Å². The lowest BCUT2D eigenvalue weighted by Crippen LogP contribution is -2.30. The Morgan fingerprint density at radius 2 is 2.06 bits per heavy atom. The molecule has 8 heteroatoms. The van der Waals surface area contributed by atoms with Gasteiger partial charge in [0.15, 0.2) is 5.75 Å². The van der Waals surface area contributed by atoms with Crippen LogP contribution in [0.5, 0.6) is 5.75 Å². The molecular weight excluding hydrogens is 301 g/mol. The van der Waals surface area contributed by atoms with Crippen molar-refractivity contribution in [1.82, 2.24) is 4.72 Å². The summed E-state index contributed by atoms with van der Waals surface area (Å²) < 4.78 is 31.1. The number of hydrogen-bond donors (Lipinski definition) is 2. The summed E-state index contributed by atoms with van der Waals surface area (Å²) >= 11 is 11.6. The van der Waals surface area contributed by atoms with Gasteiger partial charge in [-0.25, -0.2) is 13.1 Å². The Hall–Kier alpha value is -0.530. The van der Waals surface area contributed by atoms with Crippen LogP contribution in [-0.4, -0.2) is 33.3 Å². The van der Waals surface area contributed by atoms with E-state index in [2.05, 4.69) is 4.72 Å². The molecule has 0 saturated carbocycles. The van der Waals surface area contributed by atoms with Crippen molar-refractivity contribution in [3.8, 4) is 5.75 Å². The van der Waals surface area contributed by atoms with Gasteiger partial charge in [-0.1, -0.05) is 23.2 Å². The molecule has 5 nitrogen and oxygen atoms in total. The smallest absolute Gasteiger partial charge is 0.244 e. The summed E-state index contributed by atoms with van der Waals surface area (Å²) in [7, 11) is -2.52. The third-order valence-corrected chi connectivity index (χ3v) is 4.31. The predicted octanol–water partition coefficient (Wildman–Crippen LogP) is 1.66. The summed E-state index contributed by atoms with van der Waals surface area (Å²) in [6.07, 6.45) is -0.798. The lowest BCUT2D eigenvalue weighted by molar-refractivity contribution is 0.198. The minimum Gasteiger partial charge on any atom is -0.494 e. The SMILES string of the molecule is COc1c(S(=O)(=O)NC[C@@H](C)O)ccc(Cl)c1Cl. The fourth-order valence-electron chi connectivity index (χ4n) is 1.22. The average Bonchev–Trinajstić information content (AvgIpc) is 2.29. The van der Waals surface area contributed by atoms with E-state index in [0.29, 0.717) is 0 Å². The van der Waals surface area contributed by atoms with Crippen LogP contribution in [-0.2, 0) is 10.0 Å². The van der Waals surface area contributed by atoms with Crippen molar-refractivity contribution < 1.29 is 18.3 Å². The standard InChI is InChI=1S/C10H13Cl2NO4S/c1-6(14)5-13-18(15,16)8-4-3-7(11)9(12)10(8)17-2/h3-4,6,13-14H,5H2,1-2H3/t6-/m1/s1. The molecule has 0 spiro atoms. The van der Waals surface area contributed by atoms with Gasteiger partial charge in [-0.3, -0.25) is 0 Å². The van der Waals surface area contributed by atoms with Crippen LogP contribution in [0.4, 0.5) is 0 Å². The lowest BCUT2D eigenvalue weighted by atomic mass is 10.3. The van der Waals surface area contributed by atoms with Crippen LogP contribution in [0.3, 0.4) is 0 Å². The first-order chi connectivity index (χ1) is 8.29. The minimum atomic E-state index is -3.82. The molecule has 0 aliphatic heterocycles. The molecule has 0 unspecified atom stereocenters. The molecule has 0 amide bonds. The largest absolute Gasteiger partial charge is 0.494 e. The Morgan fingerprint density at radius 3 is 2.56 bits per heavy atom. The summed E-state index contributed by atoms with van der Waals surface area (Å²) in [5, 5.41) is 9.31. The molecule has 0 aliphatic carbocycles. The number of benzene rings is 1. The van der Waals surface area contributed by atoms with Crippen molar-refractivity contribution in [2.45, 2.75) is 17.9 Å². The molecule has 0 bridgehead atoms. The minimum absolute atomic E-state index is 0.0257. The molecule has 1 aromatic rings. The molecule has 0 aromatic heterocycles. The van der Waals surface area contributed by atoms with Crippen molar-refractivity contribution >= 4 is 33.2 Å². The molecule has 0 fully saturated rings. The molecule has 1 rings (SSSR count). The predicted molar refractivity (Wildman–Crippen MR) is 69.9 cm³/mol. The third-order valence-electron chi connectivity index (χ3n) is 2.08. The van der Waals surface area contributed by atoms with Gasteiger partial charge in [-0.05, 0) is 19.1 Å². The quantitative estimate of drug-likeness (QED) is 0.867. The number of nitrogens with one attached hydrogen (secondary N) is 1. The van der Waals surface area contributed by atoms with E-state index in [4.69, 9.17) is 33.0 Å². The second-order valence-electron chi connectivity index (χ2n) is 3.59. The van der Waals surface area contributed by atoms with E-state index in [0.717, 1.165) is 0 Å². The van der Waals surface area contributed by atoms with Crippen LogP contribution in [0.15, 0.2) is 17.0 Å². The van der Waals surface area contributed by atoms with Gasteiger partial charge in [0.1, 0.15) is 9.92 Å². The normalized spacial score (nSPS) is 13.4.